The van der Waals surface area contributed by atoms with Gasteiger partial charge in [0.25, 0.3) is 0 Å². The molecule has 8 heteroatoms. The summed E-state index contributed by atoms with van der Waals surface area (Å²) in [5, 5.41) is 6.75. The van der Waals surface area contributed by atoms with E-state index in [1.165, 1.54) is 5.56 Å². The van der Waals surface area contributed by atoms with Gasteiger partial charge in [0.1, 0.15) is 11.5 Å². The van der Waals surface area contributed by atoms with Crippen LogP contribution >= 0.6 is 0 Å². The van der Waals surface area contributed by atoms with Crippen molar-refractivity contribution in [3.8, 4) is 11.5 Å². The number of nitrogens with zero attached hydrogens (tertiary/aromatic N) is 3. The van der Waals surface area contributed by atoms with Crippen LogP contribution in [0.15, 0.2) is 47.6 Å². The van der Waals surface area contributed by atoms with Gasteiger partial charge in [-0.15, -0.1) is 0 Å². The highest BCUT2D eigenvalue weighted by Crippen LogP contribution is 2.44. The minimum Gasteiger partial charge on any atom is -0.497 e. The van der Waals surface area contributed by atoms with Crippen LogP contribution in [0.5, 0.6) is 11.5 Å². The Morgan fingerprint density at radius 3 is 2.17 bits per heavy atom. The number of hydrogen-bond acceptors (Lipinski definition) is 6. The Labute approximate surface area is 243 Å². The first-order chi connectivity index (χ1) is 20.1. The maximum absolute atomic E-state index is 13.6. The number of methoxy groups -OCH3 is 2. The van der Waals surface area contributed by atoms with Crippen molar-refractivity contribution in [3.05, 3.63) is 59.2 Å². The number of hydrogen-bond donors (Lipinski definition) is 0. The highest BCUT2D eigenvalue weighted by atomic mass is 16.5. The van der Waals surface area contributed by atoms with Gasteiger partial charge in [-0.3, -0.25) is 9.59 Å². The molecule has 2 atom stereocenters. The van der Waals surface area contributed by atoms with Crippen LogP contribution in [0.2, 0.25) is 0 Å². The van der Waals surface area contributed by atoms with Crippen LogP contribution in [-0.2, 0) is 20.7 Å². The number of morpholine rings is 1. The summed E-state index contributed by atoms with van der Waals surface area (Å²) in [4.78, 5) is 27.8. The molecular formula is C33H43N3O5. The smallest absolute Gasteiger partial charge is 0.243 e. The first kappa shape index (κ1) is 29.1. The zero-order valence-corrected chi connectivity index (χ0v) is 24.5. The maximum atomic E-state index is 13.6. The molecule has 0 aromatic heterocycles. The molecule has 0 bridgehead atoms. The first-order valence-corrected chi connectivity index (χ1v) is 15.2. The molecule has 1 aliphatic carbocycles. The van der Waals surface area contributed by atoms with E-state index in [0.29, 0.717) is 26.1 Å². The van der Waals surface area contributed by atoms with Gasteiger partial charge in [0.05, 0.1) is 39.2 Å². The third-order valence-corrected chi connectivity index (χ3v) is 8.64. The largest absolute Gasteiger partial charge is 0.497 e. The van der Waals surface area contributed by atoms with E-state index in [0.717, 1.165) is 92.8 Å². The molecule has 0 radical (unpaired) electrons. The molecule has 1 fully saturated rings. The second-order valence-electron chi connectivity index (χ2n) is 11.2. The van der Waals surface area contributed by atoms with Crippen LogP contribution in [0.4, 0.5) is 0 Å². The lowest BCUT2D eigenvalue weighted by Gasteiger charge is -2.30. The quantitative estimate of drug-likeness (QED) is 0.318. The number of fused-ring (bicyclic) bond motifs is 3. The van der Waals surface area contributed by atoms with Crippen LogP contribution in [-0.4, -0.2) is 68.0 Å². The topological polar surface area (TPSA) is 80.7 Å². The Balaban J connectivity index is 1.16. The molecule has 8 nitrogen and oxygen atoms in total. The van der Waals surface area contributed by atoms with Crippen molar-refractivity contribution >= 4 is 17.5 Å². The van der Waals surface area contributed by atoms with Crippen molar-refractivity contribution in [3.63, 3.8) is 0 Å². The van der Waals surface area contributed by atoms with Gasteiger partial charge < -0.3 is 19.1 Å². The fourth-order valence-corrected chi connectivity index (χ4v) is 6.30. The molecule has 0 unspecified atom stereocenters. The number of unbranched alkanes of at least 4 members (excludes halogenated alkanes) is 5. The Bertz CT molecular complexity index is 1220. The minimum atomic E-state index is -0.119. The molecule has 2 aromatic rings. The lowest BCUT2D eigenvalue weighted by molar-refractivity contribution is -0.135. The molecule has 41 heavy (non-hydrogen) atoms. The monoisotopic (exact) mass is 561 g/mol. The average Bonchev–Trinajstić information content (AvgIpc) is 3.42. The molecule has 0 saturated carbocycles. The minimum absolute atomic E-state index is 0.0771. The molecule has 2 heterocycles. The zero-order chi connectivity index (χ0) is 28.6. The molecule has 2 amide bonds. The van der Waals surface area contributed by atoms with E-state index in [9.17, 15) is 9.59 Å². The molecule has 2 aromatic carbocycles. The summed E-state index contributed by atoms with van der Waals surface area (Å²) in [5.41, 5.74) is 4.43. The summed E-state index contributed by atoms with van der Waals surface area (Å²) in [6.07, 6.45) is 9.00. The zero-order valence-electron chi connectivity index (χ0n) is 24.5. The number of amides is 2. The standard InChI is InChI=1S/C33H43N3O5/c1-39-26-15-12-25(13-16-26)33-28-18-14-24-11-17-27(40-2)23-29(24)32(28)34-36(33)31(38)10-8-6-4-3-5-7-9-30(37)35-19-21-41-22-20-35/h11-13,15-17,23,28,33H,3-10,14,18-22H2,1-2H3/t28-,33-/m1/s1. The van der Waals surface area contributed by atoms with Crippen LogP contribution in [0.1, 0.15) is 80.5 Å². The molecule has 5 rings (SSSR count). The van der Waals surface area contributed by atoms with Crippen LogP contribution in [0, 0.1) is 5.92 Å². The van der Waals surface area contributed by atoms with Gasteiger partial charge in [0, 0.05) is 37.4 Å². The molecular weight excluding hydrogens is 518 g/mol. The predicted molar refractivity (Wildman–Crippen MR) is 158 cm³/mol. The fraction of sp³-hybridized carbons (Fsp3) is 0.545. The van der Waals surface area contributed by atoms with Gasteiger partial charge in [-0.1, -0.05) is 43.9 Å². The lowest BCUT2D eigenvalue weighted by Crippen LogP contribution is -2.40. The fourth-order valence-electron chi connectivity index (χ4n) is 6.30. The van der Waals surface area contributed by atoms with Crippen molar-refractivity contribution < 1.29 is 23.8 Å². The van der Waals surface area contributed by atoms with E-state index in [1.807, 2.05) is 23.1 Å². The first-order valence-electron chi connectivity index (χ1n) is 15.2. The van der Waals surface area contributed by atoms with Gasteiger partial charge in [-0.25, -0.2) is 5.01 Å². The van der Waals surface area contributed by atoms with Crippen LogP contribution in [0.25, 0.3) is 0 Å². The predicted octanol–water partition coefficient (Wildman–Crippen LogP) is 5.53. The molecule has 3 aliphatic rings. The van der Waals surface area contributed by atoms with Crippen LogP contribution < -0.4 is 9.47 Å². The number of carbonyl (C=O) groups excluding carboxylic acids is 2. The number of carbonyl (C=O) groups is 2. The van der Waals surface area contributed by atoms with E-state index >= 15 is 0 Å². The number of benzene rings is 2. The van der Waals surface area contributed by atoms with Gasteiger partial charge >= 0.3 is 0 Å². The SMILES string of the molecule is COc1ccc([C@@H]2[C@@H]3CCc4ccc(OC)cc4C3=NN2C(=O)CCCCCCCCC(=O)N2CCOCC2)cc1. The van der Waals surface area contributed by atoms with Gasteiger partial charge in [0.15, 0.2) is 0 Å². The number of rotatable bonds is 12. The number of hydrazone groups is 1. The van der Waals surface area contributed by atoms with Gasteiger partial charge in [-0.05, 0) is 61.1 Å². The van der Waals surface area contributed by atoms with Crippen molar-refractivity contribution in [2.24, 2.45) is 11.0 Å². The summed E-state index contributed by atoms with van der Waals surface area (Å²) in [6.45, 7) is 2.74. The highest BCUT2D eigenvalue weighted by molar-refractivity contribution is 6.07. The summed E-state index contributed by atoms with van der Waals surface area (Å²) >= 11 is 0. The molecule has 1 saturated heterocycles. The van der Waals surface area contributed by atoms with E-state index in [2.05, 4.69) is 24.3 Å². The normalized spacial score (nSPS) is 19.8. The average molecular weight is 562 g/mol. The highest BCUT2D eigenvalue weighted by Gasteiger charge is 2.43. The Hall–Kier alpha value is -3.39. The van der Waals surface area contributed by atoms with E-state index in [-0.39, 0.29) is 23.8 Å². The van der Waals surface area contributed by atoms with Crippen molar-refractivity contribution in [2.75, 3.05) is 40.5 Å². The van der Waals surface area contributed by atoms with Crippen LogP contribution in [0.3, 0.4) is 0 Å². The Morgan fingerprint density at radius 1 is 0.854 bits per heavy atom. The van der Waals surface area contributed by atoms with Gasteiger partial charge in [0.2, 0.25) is 11.8 Å². The Kier molecular flexibility index (Phi) is 9.93. The summed E-state index contributed by atoms with van der Waals surface area (Å²) in [5.74, 6) is 2.08. The molecule has 220 valence electrons. The molecule has 0 N–H and O–H groups in total. The van der Waals surface area contributed by atoms with E-state index in [4.69, 9.17) is 19.3 Å². The maximum Gasteiger partial charge on any atom is 0.243 e. The second-order valence-corrected chi connectivity index (χ2v) is 11.2. The lowest BCUT2D eigenvalue weighted by atomic mass is 9.77. The summed E-state index contributed by atoms with van der Waals surface area (Å²) < 4.78 is 16.2. The molecule has 2 aliphatic heterocycles. The number of ether oxygens (including phenoxy) is 3. The van der Waals surface area contributed by atoms with Gasteiger partial charge in [-0.2, -0.15) is 5.10 Å². The van der Waals surface area contributed by atoms with E-state index < -0.39 is 0 Å². The van der Waals surface area contributed by atoms with Crippen molar-refractivity contribution in [1.82, 2.24) is 9.91 Å². The van der Waals surface area contributed by atoms with Crippen molar-refractivity contribution in [1.29, 1.82) is 0 Å². The summed E-state index contributed by atoms with van der Waals surface area (Å²) in [7, 11) is 3.34. The summed E-state index contributed by atoms with van der Waals surface area (Å²) in [6, 6.07) is 14.1. The van der Waals surface area contributed by atoms with E-state index in [1.54, 1.807) is 19.2 Å². The third kappa shape index (κ3) is 6.92. The second kappa shape index (κ2) is 14.0. The Morgan fingerprint density at radius 2 is 1.49 bits per heavy atom. The van der Waals surface area contributed by atoms with Crippen molar-refractivity contribution in [2.45, 2.75) is 70.3 Å². The molecule has 0 spiro atoms. The third-order valence-electron chi connectivity index (χ3n) is 8.64. The number of aryl methyl sites for hydroxylation is 1.